The van der Waals surface area contributed by atoms with Crippen molar-refractivity contribution in [2.45, 2.75) is 6.10 Å². The molecule has 1 unspecified atom stereocenters. The first-order valence-electron chi connectivity index (χ1n) is 6.40. The van der Waals surface area contributed by atoms with Crippen LogP contribution in [0.5, 0.6) is 0 Å². The van der Waals surface area contributed by atoms with Crippen molar-refractivity contribution in [3.05, 3.63) is 29.8 Å². The Balaban J connectivity index is 2.11. The molecule has 1 saturated heterocycles. The molecule has 0 spiro atoms. The second kappa shape index (κ2) is 6.24. The Labute approximate surface area is 121 Å². The maximum atomic E-state index is 12.4. The standard InChI is InChI=1S/C14H15N3O4/c1-16(11-4-2-3-10(7-11)8-15)14(20)17-5-6-21-12(9-17)13(18)19/h2-4,7,12H,5-6,9H2,1H3,(H,18,19). The van der Waals surface area contributed by atoms with Crippen LogP contribution in [-0.2, 0) is 9.53 Å². The highest BCUT2D eigenvalue weighted by Gasteiger charge is 2.30. The third kappa shape index (κ3) is 3.30. The maximum Gasteiger partial charge on any atom is 0.334 e. The quantitative estimate of drug-likeness (QED) is 0.873. The minimum atomic E-state index is -1.08. The van der Waals surface area contributed by atoms with Crippen LogP contribution in [0.1, 0.15) is 5.56 Å². The molecule has 1 aliphatic rings. The van der Waals surface area contributed by atoms with E-state index in [-0.39, 0.29) is 19.2 Å². The van der Waals surface area contributed by atoms with Crippen LogP contribution in [-0.4, -0.2) is 54.9 Å². The van der Waals surface area contributed by atoms with Gasteiger partial charge in [-0.2, -0.15) is 5.26 Å². The largest absolute Gasteiger partial charge is 0.479 e. The molecule has 1 aliphatic heterocycles. The van der Waals surface area contributed by atoms with E-state index >= 15 is 0 Å². The zero-order valence-corrected chi connectivity index (χ0v) is 11.5. The number of anilines is 1. The summed E-state index contributed by atoms with van der Waals surface area (Å²) in [6, 6.07) is 8.36. The second-order valence-electron chi connectivity index (χ2n) is 4.65. The normalized spacial score (nSPS) is 17.9. The molecule has 1 aromatic rings. The fourth-order valence-corrected chi connectivity index (χ4v) is 2.08. The van der Waals surface area contributed by atoms with E-state index in [0.29, 0.717) is 17.8 Å². The number of ether oxygens (including phenoxy) is 1. The molecular formula is C14H15N3O4. The van der Waals surface area contributed by atoms with Gasteiger partial charge in [0, 0.05) is 19.3 Å². The number of urea groups is 1. The van der Waals surface area contributed by atoms with Crippen molar-refractivity contribution < 1.29 is 19.4 Å². The Morgan fingerprint density at radius 3 is 2.95 bits per heavy atom. The van der Waals surface area contributed by atoms with Crippen molar-refractivity contribution in [2.24, 2.45) is 0 Å². The summed E-state index contributed by atoms with van der Waals surface area (Å²) in [6.45, 7) is 0.538. The van der Waals surface area contributed by atoms with Gasteiger partial charge in [-0.1, -0.05) is 6.07 Å². The summed E-state index contributed by atoms with van der Waals surface area (Å²) in [5, 5.41) is 17.8. The average molecular weight is 289 g/mol. The summed E-state index contributed by atoms with van der Waals surface area (Å²) in [6.07, 6.45) is -0.999. The number of nitrogens with zero attached hydrogens (tertiary/aromatic N) is 3. The van der Waals surface area contributed by atoms with Gasteiger partial charge in [0.2, 0.25) is 0 Å². The molecule has 2 amide bonds. The van der Waals surface area contributed by atoms with E-state index < -0.39 is 12.1 Å². The van der Waals surface area contributed by atoms with E-state index in [2.05, 4.69) is 0 Å². The van der Waals surface area contributed by atoms with Crippen molar-refractivity contribution >= 4 is 17.7 Å². The summed E-state index contributed by atoms with van der Waals surface area (Å²) in [7, 11) is 1.59. The molecule has 0 aromatic heterocycles. The summed E-state index contributed by atoms with van der Waals surface area (Å²) >= 11 is 0. The third-order valence-corrected chi connectivity index (χ3v) is 3.26. The molecule has 0 radical (unpaired) electrons. The lowest BCUT2D eigenvalue weighted by Crippen LogP contribution is -2.52. The average Bonchev–Trinajstić information content (AvgIpc) is 2.53. The summed E-state index contributed by atoms with van der Waals surface area (Å²) < 4.78 is 5.09. The van der Waals surface area contributed by atoms with Crippen LogP contribution >= 0.6 is 0 Å². The lowest BCUT2D eigenvalue weighted by Gasteiger charge is -2.33. The summed E-state index contributed by atoms with van der Waals surface area (Å²) in [5.74, 6) is -1.08. The van der Waals surface area contributed by atoms with Gasteiger partial charge in [0.05, 0.1) is 24.8 Å². The molecule has 0 saturated carbocycles. The molecule has 2 rings (SSSR count). The Morgan fingerprint density at radius 2 is 2.29 bits per heavy atom. The van der Waals surface area contributed by atoms with Crippen LogP contribution in [0.2, 0.25) is 0 Å². The Morgan fingerprint density at radius 1 is 1.52 bits per heavy atom. The number of amides is 2. The lowest BCUT2D eigenvalue weighted by atomic mass is 10.2. The monoisotopic (exact) mass is 289 g/mol. The van der Waals surface area contributed by atoms with Gasteiger partial charge < -0.3 is 14.7 Å². The number of hydrogen-bond acceptors (Lipinski definition) is 4. The van der Waals surface area contributed by atoms with Gasteiger partial charge in [-0.05, 0) is 18.2 Å². The fraction of sp³-hybridized carbons (Fsp3) is 0.357. The van der Waals surface area contributed by atoms with Crippen molar-refractivity contribution in [2.75, 3.05) is 31.6 Å². The molecule has 1 heterocycles. The molecular weight excluding hydrogens is 274 g/mol. The summed E-state index contributed by atoms with van der Waals surface area (Å²) in [4.78, 5) is 26.1. The Hall–Kier alpha value is -2.59. The van der Waals surface area contributed by atoms with E-state index in [1.165, 1.54) is 9.80 Å². The molecule has 1 fully saturated rings. The van der Waals surface area contributed by atoms with Crippen LogP contribution in [0.4, 0.5) is 10.5 Å². The predicted molar refractivity (Wildman–Crippen MR) is 73.9 cm³/mol. The summed E-state index contributed by atoms with van der Waals surface area (Å²) in [5.41, 5.74) is 1.04. The number of carboxylic acids is 1. The zero-order chi connectivity index (χ0) is 15.4. The number of rotatable bonds is 2. The first kappa shape index (κ1) is 14.8. The van der Waals surface area contributed by atoms with Crippen LogP contribution in [0.15, 0.2) is 24.3 Å². The number of aliphatic carboxylic acids is 1. The maximum absolute atomic E-state index is 12.4. The topological polar surface area (TPSA) is 93.9 Å². The van der Waals surface area contributed by atoms with Crippen molar-refractivity contribution in [1.82, 2.24) is 4.90 Å². The number of nitriles is 1. The van der Waals surface area contributed by atoms with Crippen LogP contribution in [0.25, 0.3) is 0 Å². The first-order chi connectivity index (χ1) is 10.0. The zero-order valence-electron chi connectivity index (χ0n) is 11.5. The number of carbonyl (C=O) groups is 2. The highest BCUT2D eigenvalue weighted by atomic mass is 16.5. The molecule has 1 atom stereocenters. The third-order valence-electron chi connectivity index (χ3n) is 3.26. The SMILES string of the molecule is CN(C(=O)N1CCOC(C(=O)O)C1)c1cccc(C#N)c1. The molecule has 7 nitrogen and oxygen atoms in total. The van der Waals surface area contributed by atoms with Gasteiger partial charge in [-0.3, -0.25) is 4.90 Å². The van der Waals surface area contributed by atoms with Crippen LogP contribution in [0, 0.1) is 11.3 Å². The number of hydrogen-bond donors (Lipinski definition) is 1. The van der Waals surface area contributed by atoms with Gasteiger partial charge in [0.25, 0.3) is 0 Å². The number of carboxylic acid groups (broad SMARTS) is 1. The molecule has 21 heavy (non-hydrogen) atoms. The molecule has 0 bridgehead atoms. The van der Waals surface area contributed by atoms with E-state index in [4.69, 9.17) is 15.1 Å². The number of carbonyl (C=O) groups excluding carboxylic acids is 1. The minimum absolute atomic E-state index is 0.0104. The van der Waals surface area contributed by atoms with Gasteiger partial charge in [0.15, 0.2) is 6.10 Å². The molecule has 1 aromatic carbocycles. The smallest absolute Gasteiger partial charge is 0.334 e. The molecule has 110 valence electrons. The molecule has 7 heteroatoms. The van der Waals surface area contributed by atoms with Gasteiger partial charge in [-0.25, -0.2) is 9.59 Å². The number of benzene rings is 1. The van der Waals surface area contributed by atoms with Gasteiger partial charge in [0.1, 0.15) is 0 Å². The van der Waals surface area contributed by atoms with Crippen LogP contribution < -0.4 is 4.90 Å². The lowest BCUT2D eigenvalue weighted by molar-refractivity contribution is -0.154. The Kier molecular flexibility index (Phi) is 4.40. The van der Waals surface area contributed by atoms with Gasteiger partial charge in [-0.15, -0.1) is 0 Å². The highest BCUT2D eigenvalue weighted by molar-refractivity contribution is 5.92. The first-order valence-corrected chi connectivity index (χ1v) is 6.40. The van der Waals surface area contributed by atoms with Crippen molar-refractivity contribution in [1.29, 1.82) is 5.26 Å². The van der Waals surface area contributed by atoms with Crippen molar-refractivity contribution in [3.8, 4) is 6.07 Å². The van der Waals surface area contributed by atoms with Crippen molar-refractivity contribution in [3.63, 3.8) is 0 Å². The fourth-order valence-electron chi connectivity index (χ4n) is 2.08. The predicted octanol–water partition coefficient (Wildman–Crippen LogP) is 0.900. The Bertz CT molecular complexity index is 596. The van der Waals surface area contributed by atoms with Crippen LogP contribution in [0.3, 0.4) is 0 Å². The van der Waals surface area contributed by atoms with E-state index in [1.54, 1.807) is 31.3 Å². The molecule has 0 aliphatic carbocycles. The van der Waals surface area contributed by atoms with E-state index in [1.807, 2.05) is 6.07 Å². The molecule has 1 N–H and O–H groups in total. The van der Waals surface area contributed by atoms with Gasteiger partial charge >= 0.3 is 12.0 Å². The number of morpholine rings is 1. The minimum Gasteiger partial charge on any atom is -0.479 e. The highest BCUT2D eigenvalue weighted by Crippen LogP contribution is 2.17. The second-order valence-corrected chi connectivity index (χ2v) is 4.65. The van der Waals surface area contributed by atoms with E-state index in [9.17, 15) is 9.59 Å². The van der Waals surface area contributed by atoms with E-state index in [0.717, 1.165) is 0 Å².